The minimum Gasteiger partial charge on any atom is -0.480 e. The van der Waals surface area contributed by atoms with Gasteiger partial charge in [0.05, 0.1) is 12.4 Å². The van der Waals surface area contributed by atoms with Crippen molar-refractivity contribution < 1.29 is 19.4 Å². The van der Waals surface area contributed by atoms with Crippen LogP contribution in [0.5, 0.6) is 0 Å². The maximum atomic E-state index is 11.1. The van der Waals surface area contributed by atoms with Crippen LogP contribution >= 0.6 is 11.8 Å². The van der Waals surface area contributed by atoms with Crippen LogP contribution in [0.25, 0.3) is 0 Å². The molecule has 0 saturated carbocycles. The number of ether oxygens (including phenoxy) is 1. The topological polar surface area (TPSA) is 89.6 Å². The van der Waals surface area contributed by atoms with Crippen LogP contribution in [-0.4, -0.2) is 41.2 Å². The largest absolute Gasteiger partial charge is 0.480 e. The van der Waals surface area contributed by atoms with Crippen LogP contribution in [0.1, 0.15) is 26.2 Å². The van der Waals surface area contributed by atoms with E-state index in [2.05, 4.69) is 0 Å². The molecule has 0 aliphatic carbocycles. The first-order valence-electron chi connectivity index (χ1n) is 5.29. The van der Waals surface area contributed by atoms with Gasteiger partial charge in [-0.25, -0.2) is 0 Å². The molecule has 0 fully saturated rings. The molecule has 0 spiro atoms. The Labute approximate surface area is 99.7 Å². The molecule has 0 aromatic heterocycles. The van der Waals surface area contributed by atoms with Gasteiger partial charge in [-0.2, -0.15) is 11.8 Å². The van der Waals surface area contributed by atoms with Gasteiger partial charge in [-0.05, 0) is 18.6 Å². The minimum absolute atomic E-state index is 0.248. The molecule has 0 aromatic carbocycles. The van der Waals surface area contributed by atoms with Gasteiger partial charge in [0.25, 0.3) is 0 Å². The summed E-state index contributed by atoms with van der Waals surface area (Å²) in [6, 6.07) is -0.844. The molecule has 0 heterocycles. The highest BCUT2D eigenvalue weighted by Crippen LogP contribution is 2.05. The van der Waals surface area contributed by atoms with Gasteiger partial charge in [-0.3, -0.25) is 9.59 Å². The molecular weight excluding hydrogens is 230 g/mol. The molecule has 0 unspecified atom stereocenters. The SMILES string of the molecule is CCCCOC(=O)CSCC[C@H](N)C(=O)O. The first kappa shape index (κ1) is 15.2. The summed E-state index contributed by atoms with van der Waals surface area (Å²) in [4.78, 5) is 21.5. The van der Waals surface area contributed by atoms with E-state index in [-0.39, 0.29) is 11.7 Å². The van der Waals surface area contributed by atoms with Crippen molar-refractivity contribution in [3.8, 4) is 0 Å². The number of nitrogens with two attached hydrogens (primary N) is 1. The van der Waals surface area contributed by atoms with Gasteiger partial charge in [0.1, 0.15) is 6.04 Å². The van der Waals surface area contributed by atoms with Crippen molar-refractivity contribution in [3.63, 3.8) is 0 Å². The molecule has 3 N–H and O–H groups in total. The first-order valence-corrected chi connectivity index (χ1v) is 6.45. The van der Waals surface area contributed by atoms with E-state index in [0.717, 1.165) is 12.8 Å². The van der Waals surface area contributed by atoms with Gasteiger partial charge < -0.3 is 15.6 Å². The molecule has 0 rings (SSSR count). The van der Waals surface area contributed by atoms with Crippen LogP contribution in [0.2, 0.25) is 0 Å². The average Bonchev–Trinajstić information content (AvgIpc) is 2.24. The number of carbonyl (C=O) groups excluding carboxylic acids is 1. The van der Waals surface area contributed by atoms with Crippen LogP contribution in [0.4, 0.5) is 0 Å². The number of hydrogen-bond donors (Lipinski definition) is 2. The lowest BCUT2D eigenvalue weighted by atomic mass is 10.2. The zero-order valence-electron chi connectivity index (χ0n) is 9.48. The number of carboxylic acid groups (broad SMARTS) is 1. The third kappa shape index (κ3) is 8.55. The summed E-state index contributed by atoms with van der Waals surface area (Å²) >= 11 is 1.35. The molecule has 0 aromatic rings. The number of unbranched alkanes of at least 4 members (excludes halogenated alkanes) is 1. The van der Waals surface area contributed by atoms with Crippen LogP contribution in [0, 0.1) is 0 Å². The van der Waals surface area contributed by atoms with E-state index in [0.29, 0.717) is 18.8 Å². The third-order valence-electron chi connectivity index (χ3n) is 1.87. The Morgan fingerprint density at radius 2 is 2.19 bits per heavy atom. The number of esters is 1. The summed E-state index contributed by atoms with van der Waals surface area (Å²) in [5.74, 6) is -0.444. The Hall–Kier alpha value is -0.750. The molecule has 5 nitrogen and oxygen atoms in total. The maximum absolute atomic E-state index is 11.1. The highest BCUT2D eigenvalue weighted by Gasteiger charge is 2.11. The summed E-state index contributed by atoms with van der Waals surface area (Å²) in [7, 11) is 0. The van der Waals surface area contributed by atoms with E-state index in [9.17, 15) is 9.59 Å². The average molecular weight is 249 g/mol. The van der Waals surface area contributed by atoms with Crippen molar-refractivity contribution in [3.05, 3.63) is 0 Å². The Bertz CT molecular complexity index is 223. The second-order valence-corrected chi connectivity index (χ2v) is 4.47. The normalized spacial score (nSPS) is 12.1. The summed E-state index contributed by atoms with van der Waals surface area (Å²) in [6.07, 6.45) is 2.23. The second-order valence-electron chi connectivity index (χ2n) is 3.36. The molecule has 6 heteroatoms. The Kier molecular flexibility index (Phi) is 9.03. The molecule has 0 saturated heterocycles. The van der Waals surface area contributed by atoms with Gasteiger partial charge in [0.15, 0.2) is 0 Å². The molecule has 0 aliphatic rings. The molecule has 1 atom stereocenters. The summed E-state index contributed by atoms with van der Waals surface area (Å²) in [5.41, 5.74) is 5.30. The van der Waals surface area contributed by atoms with Crippen molar-refractivity contribution >= 4 is 23.7 Å². The second kappa shape index (κ2) is 9.47. The molecule has 0 amide bonds. The van der Waals surface area contributed by atoms with E-state index in [1.807, 2.05) is 6.92 Å². The van der Waals surface area contributed by atoms with Crippen LogP contribution in [0.15, 0.2) is 0 Å². The van der Waals surface area contributed by atoms with E-state index >= 15 is 0 Å². The van der Waals surface area contributed by atoms with Gasteiger partial charge in [0, 0.05) is 0 Å². The number of aliphatic carboxylic acids is 1. The quantitative estimate of drug-likeness (QED) is 0.465. The Balaban J connectivity index is 3.37. The first-order chi connectivity index (χ1) is 7.57. The predicted molar refractivity (Wildman–Crippen MR) is 63.4 cm³/mol. The van der Waals surface area contributed by atoms with E-state index in [1.54, 1.807) is 0 Å². The van der Waals surface area contributed by atoms with Crippen molar-refractivity contribution in [1.29, 1.82) is 0 Å². The minimum atomic E-state index is -1.01. The number of carbonyl (C=O) groups is 2. The monoisotopic (exact) mass is 249 g/mol. The number of rotatable bonds is 9. The van der Waals surface area contributed by atoms with Gasteiger partial charge in [0.2, 0.25) is 0 Å². The van der Waals surface area contributed by atoms with Gasteiger partial charge in [-0.15, -0.1) is 0 Å². The van der Waals surface area contributed by atoms with Crippen molar-refractivity contribution in [2.75, 3.05) is 18.1 Å². The standard InChI is InChI=1S/C10H19NO4S/c1-2-3-5-15-9(12)7-16-6-4-8(11)10(13)14/h8H,2-7,11H2,1H3,(H,13,14)/t8-/m0/s1. The highest BCUT2D eigenvalue weighted by molar-refractivity contribution is 7.99. The van der Waals surface area contributed by atoms with Gasteiger partial charge >= 0.3 is 11.9 Å². The van der Waals surface area contributed by atoms with E-state index < -0.39 is 12.0 Å². The smallest absolute Gasteiger partial charge is 0.320 e. The number of hydrogen-bond acceptors (Lipinski definition) is 5. The van der Waals surface area contributed by atoms with Crippen LogP contribution in [0.3, 0.4) is 0 Å². The zero-order valence-corrected chi connectivity index (χ0v) is 10.3. The Morgan fingerprint density at radius 3 is 2.75 bits per heavy atom. The zero-order chi connectivity index (χ0) is 12.4. The van der Waals surface area contributed by atoms with Crippen molar-refractivity contribution in [1.82, 2.24) is 0 Å². The summed E-state index contributed by atoms with van der Waals surface area (Å²) in [5, 5.41) is 8.51. The lowest BCUT2D eigenvalue weighted by Gasteiger charge is -2.06. The number of carboxylic acids is 1. The fraction of sp³-hybridized carbons (Fsp3) is 0.800. The summed E-state index contributed by atoms with van der Waals surface area (Å²) < 4.78 is 4.93. The lowest BCUT2D eigenvalue weighted by molar-refractivity contribution is -0.140. The predicted octanol–water partition coefficient (Wildman–Crippen LogP) is 0.865. The van der Waals surface area contributed by atoms with Crippen molar-refractivity contribution in [2.45, 2.75) is 32.2 Å². The molecular formula is C10H19NO4S. The molecule has 0 bridgehead atoms. The van der Waals surface area contributed by atoms with E-state index in [1.165, 1.54) is 11.8 Å². The van der Waals surface area contributed by atoms with Gasteiger partial charge in [-0.1, -0.05) is 13.3 Å². The number of thioether (sulfide) groups is 1. The molecule has 94 valence electrons. The van der Waals surface area contributed by atoms with Crippen LogP contribution in [-0.2, 0) is 14.3 Å². The fourth-order valence-electron chi connectivity index (χ4n) is 0.861. The highest BCUT2D eigenvalue weighted by atomic mass is 32.2. The van der Waals surface area contributed by atoms with E-state index in [4.69, 9.17) is 15.6 Å². The fourth-order valence-corrected chi connectivity index (χ4v) is 1.68. The molecule has 16 heavy (non-hydrogen) atoms. The maximum Gasteiger partial charge on any atom is 0.320 e. The Morgan fingerprint density at radius 1 is 1.50 bits per heavy atom. The molecule has 0 aliphatic heterocycles. The van der Waals surface area contributed by atoms with Crippen molar-refractivity contribution in [2.24, 2.45) is 5.73 Å². The third-order valence-corrected chi connectivity index (χ3v) is 2.84. The molecule has 0 radical (unpaired) electrons. The lowest BCUT2D eigenvalue weighted by Crippen LogP contribution is -2.30. The summed E-state index contributed by atoms with van der Waals surface area (Å²) in [6.45, 7) is 2.49. The van der Waals surface area contributed by atoms with Crippen LogP contribution < -0.4 is 5.73 Å².